The lowest BCUT2D eigenvalue weighted by atomic mass is 10.5. The van der Waals surface area contributed by atoms with Crippen LogP contribution in [0, 0.1) is 0 Å². The van der Waals surface area contributed by atoms with Crippen LogP contribution in [-0.2, 0) is 4.79 Å². The highest BCUT2D eigenvalue weighted by molar-refractivity contribution is 7.17. The molecule has 0 saturated heterocycles. The molecule has 4 N–H and O–H groups in total. The van der Waals surface area contributed by atoms with Crippen molar-refractivity contribution < 1.29 is 14.7 Å². The second kappa shape index (κ2) is 3.85. The van der Waals surface area contributed by atoms with E-state index in [-0.39, 0.29) is 6.54 Å². The molecule has 70 valence electrons. The Hall–Kier alpha value is -1.63. The SMILES string of the molecule is NC(=O)c1cnc(NCC(=O)O)s1. The molecule has 6 nitrogen and oxygen atoms in total. The van der Waals surface area contributed by atoms with Crippen molar-refractivity contribution in [1.82, 2.24) is 4.98 Å². The average Bonchev–Trinajstić information content (AvgIpc) is 2.48. The van der Waals surface area contributed by atoms with Crippen LogP contribution in [0.15, 0.2) is 6.20 Å². The molecule has 0 aromatic carbocycles. The van der Waals surface area contributed by atoms with Gasteiger partial charge in [-0.2, -0.15) is 0 Å². The van der Waals surface area contributed by atoms with Crippen molar-refractivity contribution in [3.63, 3.8) is 0 Å². The van der Waals surface area contributed by atoms with Gasteiger partial charge >= 0.3 is 5.97 Å². The number of carboxylic acid groups (broad SMARTS) is 1. The van der Waals surface area contributed by atoms with Crippen LogP contribution in [0.3, 0.4) is 0 Å². The molecule has 7 heteroatoms. The molecule has 1 aromatic heterocycles. The first-order chi connectivity index (χ1) is 6.09. The van der Waals surface area contributed by atoms with E-state index in [1.807, 2.05) is 0 Å². The van der Waals surface area contributed by atoms with Gasteiger partial charge in [-0.05, 0) is 0 Å². The van der Waals surface area contributed by atoms with E-state index < -0.39 is 11.9 Å². The number of hydrogen-bond acceptors (Lipinski definition) is 5. The second-order valence-corrected chi connectivity index (χ2v) is 3.17. The number of rotatable bonds is 4. The van der Waals surface area contributed by atoms with Gasteiger partial charge < -0.3 is 16.2 Å². The molecule has 0 radical (unpaired) electrons. The van der Waals surface area contributed by atoms with Crippen LogP contribution in [0.4, 0.5) is 5.13 Å². The van der Waals surface area contributed by atoms with Gasteiger partial charge in [0.25, 0.3) is 5.91 Å². The largest absolute Gasteiger partial charge is 0.480 e. The van der Waals surface area contributed by atoms with Gasteiger partial charge in [0.2, 0.25) is 0 Å². The van der Waals surface area contributed by atoms with Gasteiger partial charge in [-0.1, -0.05) is 11.3 Å². The molecule has 0 unspecified atom stereocenters. The van der Waals surface area contributed by atoms with Crippen LogP contribution in [0.1, 0.15) is 9.67 Å². The van der Waals surface area contributed by atoms with Crippen LogP contribution >= 0.6 is 11.3 Å². The minimum Gasteiger partial charge on any atom is -0.480 e. The molecule has 1 amide bonds. The summed E-state index contributed by atoms with van der Waals surface area (Å²) in [5, 5.41) is 11.2. The zero-order valence-electron chi connectivity index (χ0n) is 6.48. The Labute approximate surface area is 77.4 Å². The van der Waals surface area contributed by atoms with Gasteiger partial charge in [0.05, 0.1) is 6.20 Å². The van der Waals surface area contributed by atoms with Gasteiger partial charge in [-0.15, -0.1) is 0 Å². The molecular formula is C6H7N3O3S. The normalized spacial score (nSPS) is 9.54. The smallest absolute Gasteiger partial charge is 0.322 e. The van der Waals surface area contributed by atoms with Crippen molar-refractivity contribution in [2.75, 3.05) is 11.9 Å². The van der Waals surface area contributed by atoms with E-state index in [9.17, 15) is 9.59 Å². The Balaban J connectivity index is 2.59. The summed E-state index contributed by atoms with van der Waals surface area (Å²) in [5.41, 5.74) is 4.97. The maximum Gasteiger partial charge on any atom is 0.322 e. The topological polar surface area (TPSA) is 105 Å². The van der Waals surface area contributed by atoms with Gasteiger partial charge in [0.15, 0.2) is 5.13 Å². The first kappa shape index (κ1) is 9.46. The lowest BCUT2D eigenvalue weighted by Crippen LogP contribution is -2.11. The van der Waals surface area contributed by atoms with Crippen molar-refractivity contribution in [3.8, 4) is 0 Å². The lowest BCUT2D eigenvalue weighted by molar-refractivity contribution is -0.134. The second-order valence-electron chi connectivity index (χ2n) is 2.14. The fraction of sp³-hybridized carbons (Fsp3) is 0.167. The zero-order chi connectivity index (χ0) is 9.84. The van der Waals surface area contributed by atoms with E-state index >= 15 is 0 Å². The number of nitrogens with one attached hydrogen (secondary N) is 1. The minimum absolute atomic E-state index is 0.230. The van der Waals surface area contributed by atoms with Crippen molar-refractivity contribution in [2.24, 2.45) is 5.73 Å². The molecule has 0 atom stereocenters. The summed E-state index contributed by atoms with van der Waals surface area (Å²) in [6.45, 7) is -0.230. The summed E-state index contributed by atoms with van der Waals surface area (Å²) in [7, 11) is 0. The third-order valence-corrected chi connectivity index (χ3v) is 2.11. The third kappa shape index (κ3) is 2.71. The monoisotopic (exact) mass is 201 g/mol. The van der Waals surface area contributed by atoms with Gasteiger partial charge in [0, 0.05) is 0 Å². The molecule has 0 fully saturated rings. The summed E-state index contributed by atoms with van der Waals surface area (Å²) in [4.78, 5) is 24.8. The van der Waals surface area contributed by atoms with Crippen LogP contribution < -0.4 is 11.1 Å². The highest BCUT2D eigenvalue weighted by atomic mass is 32.1. The van der Waals surface area contributed by atoms with Crippen LogP contribution in [0.2, 0.25) is 0 Å². The quantitative estimate of drug-likeness (QED) is 0.622. The Morgan fingerprint density at radius 2 is 2.38 bits per heavy atom. The third-order valence-electron chi connectivity index (χ3n) is 1.14. The minimum atomic E-state index is -0.990. The highest BCUT2D eigenvalue weighted by Crippen LogP contribution is 2.16. The summed E-state index contributed by atoms with van der Waals surface area (Å²) < 4.78 is 0. The van der Waals surface area contributed by atoms with Crippen molar-refractivity contribution >= 4 is 28.3 Å². The number of carbonyl (C=O) groups excluding carboxylic acids is 1. The summed E-state index contributed by atoms with van der Waals surface area (Å²) >= 11 is 1.02. The number of carbonyl (C=O) groups is 2. The van der Waals surface area contributed by atoms with Crippen LogP contribution in [0.5, 0.6) is 0 Å². The number of aromatic nitrogens is 1. The first-order valence-corrected chi connectivity index (χ1v) is 4.12. The molecular weight excluding hydrogens is 194 g/mol. The van der Waals surface area contributed by atoms with E-state index in [1.165, 1.54) is 6.20 Å². The van der Waals surface area contributed by atoms with Crippen LogP contribution in [0.25, 0.3) is 0 Å². The number of amides is 1. The number of aliphatic carboxylic acids is 1. The molecule has 0 aliphatic rings. The number of nitrogens with two attached hydrogens (primary N) is 1. The molecule has 0 aliphatic heterocycles. The van der Waals surface area contributed by atoms with Gasteiger partial charge in [-0.3, -0.25) is 9.59 Å². The first-order valence-electron chi connectivity index (χ1n) is 3.31. The van der Waals surface area contributed by atoms with Crippen molar-refractivity contribution in [1.29, 1.82) is 0 Å². The average molecular weight is 201 g/mol. The molecule has 13 heavy (non-hydrogen) atoms. The Morgan fingerprint density at radius 1 is 1.69 bits per heavy atom. The Bertz CT molecular complexity index is 336. The van der Waals surface area contributed by atoms with Crippen molar-refractivity contribution in [2.45, 2.75) is 0 Å². The Kier molecular flexibility index (Phi) is 2.80. The number of primary amides is 1. The highest BCUT2D eigenvalue weighted by Gasteiger charge is 2.06. The predicted molar refractivity (Wildman–Crippen MR) is 46.8 cm³/mol. The summed E-state index contributed by atoms with van der Waals surface area (Å²) in [6, 6.07) is 0. The fourth-order valence-corrected chi connectivity index (χ4v) is 1.29. The molecule has 1 aromatic rings. The fourth-order valence-electron chi connectivity index (χ4n) is 0.621. The number of anilines is 1. The number of thiazole rings is 1. The van der Waals surface area contributed by atoms with Crippen LogP contribution in [-0.4, -0.2) is 28.5 Å². The number of hydrogen-bond donors (Lipinski definition) is 3. The molecule has 0 spiro atoms. The number of carboxylic acids is 1. The van der Waals surface area contributed by atoms with E-state index in [4.69, 9.17) is 10.8 Å². The van der Waals surface area contributed by atoms with E-state index in [0.717, 1.165) is 11.3 Å². The van der Waals surface area contributed by atoms with Crippen molar-refractivity contribution in [3.05, 3.63) is 11.1 Å². The predicted octanol–water partition coefficient (Wildman–Crippen LogP) is -0.262. The summed E-state index contributed by atoms with van der Waals surface area (Å²) in [6.07, 6.45) is 1.30. The van der Waals surface area contributed by atoms with E-state index in [0.29, 0.717) is 10.0 Å². The molecule has 1 heterocycles. The maximum atomic E-state index is 10.6. The standard InChI is InChI=1S/C6H7N3O3S/c7-5(12)3-1-8-6(13-3)9-2-4(10)11/h1H,2H2,(H2,7,12)(H,8,9)(H,10,11). The molecule has 0 aliphatic carbocycles. The van der Waals surface area contributed by atoms with Gasteiger partial charge in [0.1, 0.15) is 11.4 Å². The zero-order valence-corrected chi connectivity index (χ0v) is 7.30. The number of nitrogens with zero attached hydrogens (tertiary/aromatic N) is 1. The summed E-state index contributed by atoms with van der Waals surface area (Å²) in [5.74, 6) is -1.56. The maximum absolute atomic E-state index is 10.6. The lowest BCUT2D eigenvalue weighted by Gasteiger charge is -1.94. The molecule has 1 rings (SSSR count). The van der Waals surface area contributed by atoms with Gasteiger partial charge in [-0.25, -0.2) is 4.98 Å². The molecule has 0 saturated carbocycles. The molecule has 0 bridgehead atoms. The van der Waals surface area contributed by atoms with E-state index in [2.05, 4.69) is 10.3 Å². The van der Waals surface area contributed by atoms with E-state index in [1.54, 1.807) is 0 Å². The Morgan fingerprint density at radius 3 is 2.85 bits per heavy atom.